The molecule has 0 saturated heterocycles. The molecule has 7 heteroatoms. The monoisotopic (exact) mass is 271 g/mol. The molecule has 0 fully saturated rings. The number of ether oxygens (including phenoxy) is 1. The van der Waals surface area contributed by atoms with Gasteiger partial charge in [-0.05, 0) is 23.8 Å². The van der Waals surface area contributed by atoms with Crippen molar-refractivity contribution in [1.29, 1.82) is 0 Å². The summed E-state index contributed by atoms with van der Waals surface area (Å²) in [6, 6.07) is 6.68. The molecule has 1 atom stereocenters. The number of aromatic nitrogens is 2. The Hall–Kier alpha value is -2.02. The minimum absolute atomic E-state index is 0.295. The number of alkyl halides is 3. The van der Waals surface area contributed by atoms with E-state index in [1.54, 1.807) is 30.1 Å². The van der Waals surface area contributed by atoms with Crippen molar-refractivity contribution < 1.29 is 17.9 Å². The SMILES string of the molecule is Cn1ccc(C(N)c2cccc(OC(F)(F)F)c2)n1. The second-order valence-electron chi connectivity index (χ2n) is 4.01. The molecule has 0 aliphatic carbocycles. The first-order valence-corrected chi connectivity index (χ1v) is 5.46. The highest BCUT2D eigenvalue weighted by Crippen LogP contribution is 2.26. The quantitative estimate of drug-likeness (QED) is 0.932. The Balaban J connectivity index is 2.23. The van der Waals surface area contributed by atoms with Crippen LogP contribution >= 0.6 is 0 Å². The molecule has 0 spiro atoms. The van der Waals surface area contributed by atoms with Crippen LogP contribution in [0.5, 0.6) is 5.75 Å². The van der Waals surface area contributed by atoms with E-state index in [1.165, 1.54) is 18.2 Å². The minimum Gasteiger partial charge on any atom is -0.406 e. The van der Waals surface area contributed by atoms with Crippen molar-refractivity contribution in [3.8, 4) is 5.75 Å². The van der Waals surface area contributed by atoms with E-state index in [1.807, 2.05) is 0 Å². The van der Waals surface area contributed by atoms with Crippen molar-refractivity contribution in [3.05, 3.63) is 47.8 Å². The Bertz CT molecular complexity index is 565. The highest BCUT2D eigenvalue weighted by atomic mass is 19.4. The molecular formula is C12H12F3N3O. The van der Waals surface area contributed by atoms with Crippen LogP contribution in [-0.2, 0) is 7.05 Å². The second-order valence-corrected chi connectivity index (χ2v) is 4.01. The van der Waals surface area contributed by atoms with Gasteiger partial charge in [-0.1, -0.05) is 12.1 Å². The molecule has 0 aliphatic heterocycles. The third-order valence-electron chi connectivity index (χ3n) is 2.50. The van der Waals surface area contributed by atoms with Crippen LogP contribution in [0.2, 0.25) is 0 Å². The van der Waals surface area contributed by atoms with E-state index >= 15 is 0 Å². The normalized spacial score (nSPS) is 13.3. The van der Waals surface area contributed by atoms with Gasteiger partial charge in [0.1, 0.15) is 5.75 Å². The lowest BCUT2D eigenvalue weighted by Crippen LogP contribution is -2.18. The first kappa shape index (κ1) is 13.4. The maximum Gasteiger partial charge on any atom is 0.573 e. The Morgan fingerprint density at radius 1 is 1.32 bits per heavy atom. The highest BCUT2D eigenvalue weighted by molar-refractivity contribution is 5.34. The van der Waals surface area contributed by atoms with Crippen molar-refractivity contribution in [2.24, 2.45) is 12.8 Å². The molecule has 0 amide bonds. The molecule has 1 aromatic carbocycles. The Morgan fingerprint density at radius 3 is 2.63 bits per heavy atom. The minimum atomic E-state index is -4.71. The van der Waals surface area contributed by atoms with Gasteiger partial charge >= 0.3 is 6.36 Å². The topological polar surface area (TPSA) is 53.1 Å². The molecule has 19 heavy (non-hydrogen) atoms. The Kier molecular flexibility index (Phi) is 3.48. The van der Waals surface area contributed by atoms with Gasteiger partial charge in [-0.2, -0.15) is 5.10 Å². The molecule has 1 unspecified atom stereocenters. The zero-order valence-corrected chi connectivity index (χ0v) is 10.1. The van der Waals surface area contributed by atoms with Crippen LogP contribution in [-0.4, -0.2) is 16.1 Å². The summed E-state index contributed by atoms with van der Waals surface area (Å²) in [6.45, 7) is 0. The zero-order chi connectivity index (χ0) is 14.0. The number of halogens is 3. The second kappa shape index (κ2) is 4.93. The van der Waals surface area contributed by atoms with Crippen LogP contribution in [0.3, 0.4) is 0 Å². The first-order valence-electron chi connectivity index (χ1n) is 5.46. The molecule has 102 valence electrons. The molecule has 2 N–H and O–H groups in total. The van der Waals surface area contributed by atoms with Gasteiger partial charge in [0.25, 0.3) is 0 Å². The van der Waals surface area contributed by atoms with Crippen LogP contribution in [0.25, 0.3) is 0 Å². The number of benzene rings is 1. The summed E-state index contributed by atoms with van der Waals surface area (Å²) in [5, 5.41) is 4.12. The number of hydrogen-bond acceptors (Lipinski definition) is 3. The fourth-order valence-corrected chi connectivity index (χ4v) is 1.67. The number of hydrogen-bond donors (Lipinski definition) is 1. The van der Waals surface area contributed by atoms with Crippen LogP contribution in [0.4, 0.5) is 13.2 Å². The molecular weight excluding hydrogens is 259 g/mol. The summed E-state index contributed by atoms with van der Waals surface area (Å²) in [7, 11) is 1.74. The van der Waals surface area contributed by atoms with Crippen LogP contribution in [0, 0.1) is 0 Å². The van der Waals surface area contributed by atoms with E-state index < -0.39 is 12.4 Å². The summed E-state index contributed by atoms with van der Waals surface area (Å²) in [5.74, 6) is -0.295. The van der Waals surface area contributed by atoms with E-state index in [4.69, 9.17) is 5.73 Å². The standard InChI is InChI=1S/C12H12F3N3O/c1-18-6-5-10(17-18)11(16)8-3-2-4-9(7-8)19-12(13,14)15/h2-7,11H,16H2,1H3. The fourth-order valence-electron chi connectivity index (χ4n) is 1.67. The van der Waals surface area contributed by atoms with Gasteiger partial charge in [0.05, 0.1) is 11.7 Å². The summed E-state index contributed by atoms with van der Waals surface area (Å²) in [4.78, 5) is 0. The van der Waals surface area contributed by atoms with Crippen LogP contribution in [0.1, 0.15) is 17.3 Å². The molecule has 1 heterocycles. The molecule has 0 saturated carbocycles. The molecule has 2 rings (SSSR count). The third-order valence-corrected chi connectivity index (χ3v) is 2.50. The zero-order valence-electron chi connectivity index (χ0n) is 10.1. The van der Waals surface area contributed by atoms with Gasteiger partial charge in [0.2, 0.25) is 0 Å². The van der Waals surface area contributed by atoms with Crippen molar-refractivity contribution in [1.82, 2.24) is 9.78 Å². The predicted octanol–water partition coefficient (Wildman–Crippen LogP) is 2.37. The maximum absolute atomic E-state index is 12.1. The molecule has 1 aromatic heterocycles. The van der Waals surface area contributed by atoms with Crippen molar-refractivity contribution in [3.63, 3.8) is 0 Å². The van der Waals surface area contributed by atoms with Gasteiger partial charge in [-0.25, -0.2) is 0 Å². The predicted molar refractivity (Wildman–Crippen MR) is 62.4 cm³/mol. The summed E-state index contributed by atoms with van der Waals surface area (Å²) in [5.41, 5.74) is 7.03. The van der Waals surface area contributed by atoms with Crippen molar-refractivity contribution in [2.75, 3.05) is 0 Å². The van der Waals surface area contributed by atoms with E-state index in [0.29, 0.717) is 11.3 Å². The average Bonchev–Trinajstić information content (AvgIpc) is 2.73. The summed E-state index contributed by atoms with van der Waals surface area (Å²) in [6.07, 6.45) is -3.00. The number of nitrogens with two attached hydrogens (primary N) is 1. The fraction of sp³-hybridized carbons (Fsp3) is 0.250. The highest BCUT2D eigenvalue weighted by Gasteiger charge is 2.31. The van der Waals surface area contributed by atoms with Gasteiger partial charge in [-0.3, -0.25) is 4.68 Å². The van der Waals surface area contributed by atoms with Gasteiger partial charge < -0.3 is 10.5 Å². The van der Waals surface area contributed by atoms with Gasteiger partial charge in [0.15, 0.2) is 0 Å². The Morgan fingerprint density at radius 2 is 2.05 bits per heavy atom. The largest absolute Gasteiger partial charge is 0.573 e. The smallest absolute Gasteiger partial charge is 0.406 e. The molecule has 0 radical (unpaired) electrons. The number of nitrogens with zero attached hydrogens (tertiary/aromatic N) is 2. The van der Waals surface area contributed by atoms with Crippen LogP contribution in [0.15, 0.2) is 36.5 Å². The molecule has 2 aromatic rings. The lowest BCUT2D eigenvalue weighted by molar-refractivity contribution is -0.274. The van der Waals surface area contributed by atoms with E-state index in [9.17, 15) is 13.2 Å². The molecule has 0 aliphatic rings. The van der Waals surface area contributed by atoms with Crippen molar-refractivity contribution in [2.45, 2.75) is 12.4 Å². The first-order chi connectivity index (χ1) is 8.85. The number of aryl methyl sites for hydroxylation is 1. The van der Waals surface area contributed by atoms with Gasteiger partial charge in [0, 0.05) is 13.2 Å². The molecule has 4 nitrogen and oxygen atoms in total. The molecule has 0 bridgehead atoms. The van der Waals surface area contributed by atoms with E-state index in [2.05, 4.69) is 9.84 Å². The lowest BCUT2D eigenvalue weighted by atomic mass is 10.0. The lowest BCUT2D eigenvalue weighted by Gasteiger charge is -2.13. The maximum atomic E-state index is 12.1. The average molecular weight is 271 g/mol. The summed E-state index contributed by atoms with van der Waals surface area (Å²) < 4.78 is 41.8. The van der Waals surface area contributed by atoms with Gasteiger partial charge in [-0.15, -0.1) is 13.2 Å². The van der Waals surface area contributed by atoms with E-state index in [-0.39, 0.29) is 5.75 Å². The number of rotatable bonds is 3. The van der Waals surface area contributed by atoms with Crippen molar-refractivity contribution >= 4 is 0 Å². The van der Waals surface area contributed by atoms with E-state index in [0.717, 1.165) is 0 Å². The van der Waals surface area contributed by atoms with Crippen LogP contribution < -0.4 is 10.5 Å². The Labute approximate surface area is 107 Å². The third kappa shape index (κ3) is 3.47. The summed E-state index contributed by atoms with van der Waals surface area (Å²) >= 11 is 0.